The molecule has 0 unspecified atom stereocenters. The lowest BCUT2D eigenvalue weighted by Crippen LogP contribution is -2.06. The van der Waals surface area contributed by atoms with Crippen LogP contribution >= 0.6 is 0 Å². The highest BCUT2D eigenvalue weighted by Gasteiger charge is 2.25. The van der Waals surface area contributed by atoms with Gasteiger partial charge in [-0.2, -0.15) is 0 Å². The Bertz CT molecular complexity index is 2650. The van der Waals surface area contributed by atoms with Crippen molar-refractivity contribution in [2.24, 2.45) is 0 Å². The van der Waals surface area contributed by atoms with E-state index in [0.717, 1.165) is 17.1 Å². The molecule has 0 amide bonds. The Hall–Kier alpha value is -6.06. The molecule has 210 valence electrons. The maximum atomic E-state index is 2.50. The summed E-state index contributed by atoms with van der Waals surface area (Å²) in [6.45, 7) is 0. The van der Waals surface area contributed by atoms with Crippen molar-refractivity contribution >= 4 is 65.4 Å². The van der Waals surface area contributed by atoms with Gasteiger partial charge >= 0.3 is 0 Å². The zero-order chi connectivity index (χ0) is 29.5. The van der Waals surface area contributed by atoms with Gasteiger partial charge in [0, 0.05) is 38.0 Å². The fourth-order valence-electron chi connectivity index (χ4n) is 7.62. The first-order chi connectivity index (χ1) is 22.4. The molecular weight excluding hydrogens is 546 g/mol. The Morgan fingerprint density at radius 2 is 0.644 bits per heavy atom. The van der Waals surface area contributed by atoms with Gasteiger partial charge in [-0.15, -0.1) is 0 Å². The van der Waals surface area contributed by atoms with Crippen molar-refractivity contribution in [1.29, 1.82) is 0 Å². The van der Waals surface area contributed by atoms with Crippen molar-refractivity contribution in [2.75, 3.05) is 0 Å². The van der Waals surface area contributed by atoms with Crippen molar-refractivity contribution in [3.05, 3.63) is 164 Å². The van der Waals surface area contributed by atoms with Crippen LogP contribution in [-0.2, 0) is 0 Å². The van der Waals surface area contributed by atoms with Crippen LogP contribution in [0.25, 0.3) is 82.5 Å². The van der Waals surface area contributed by atoms with Crippen LogP contribution in [0, 0.1) is 0 Å². The number of fused-ring (bicyclic) bond motifs is 9. The topological polar surface area (TPSA) is 14.8 Å². The van der Waals surface area contributed by atoms with E-state index in [4.69, 9.17) is 0 Å². The van der Waals surface area contributed by atoms with Crippen LogP contribution in [0.3, 0.4) is 0 Å². The number of para-hydroxylation sites is 6. The Kier molecular flexibility index (Phi) is 5.00. The number of aromatic nitrogens is 3. The van der Waals surface area contributed by atoms with Crippen LogP contribution in [0.1, 0.15) is 0 Å². The van der Waals surface area contributed by atoms with Gasteiger partial charge in [0.15, 0.2) is 0 Å². The summed E-state index contributed by atoms with van der Waals surface area (Å²) in [5.74, 6) is 0. The fraction of sp³-hybridized carbons (Fsp3) is 0. The SMILES string of the molecule is c1ccc(-n2c3ccccc3c3ccc(-n4c5ccccc5c5ccccc54)c(-n4c5ccccc5c5ccccc54)c32)cc1. The first-order valence-electron chi connectivity index (χ1n) is 15.5. The Labute approximate surface area is 259 Å². The summed E-state index contributed by atoms with van der Waals surface area (Å²) in [5.41, 5.74) is 10.6. The van der Waals surface area contributed by atoms with Crippen LogP contribution in [-0.4, -0.2) is 13.7 Å². The summed E-state index contributed by atoms with van der Waals surface area (Å²) in [5, 5.41) is 7.49. The molecule has 3 heteroatoms. The van der Waals surface area contributed by atoms with E-state index in [1.165, 1.54) is 65.4 Å². The molecule has 10 rings (SSSR count). The molecule has 3 heterocycles. The van der Waals surface area contributed by atoms with E-state index in [1.807, 2.05) is 0 Å². The molecule has 0 atom stereocenters. The third-order valence-electron chi connectivity index (χ3n) is 9.43. The van der Waals surface area contributed by atoms with Gasteiger partial charge in [0.25, 0.3) is 0 Å². The van der Waals surface area contributed by atoms with Gasteiger partial charge in [-0.1, -0.05) is 109 Å². The highest BCUT2D eigenvalue weighted by molar-refractivity contribution is 6.17. The standard InChI is InChI=1S/C42H27N3/c1-2-14-28(15-3-1)43-35-21-9-8-20-33(35)34-26-27-40(44-36-22-10-4-16-29(36)30-17-5-11-23-37(30)44)42(41(34)43)45-38-24-12-6-18-31(38)32-19-7-13-25-39(32)45/h1-27H. The van der Waals surface area contributed by atoms with Crippen molar-refractivity contribution < 1.29 is 0 Å². The van der Waals surface area contributed by atoms with Crippen LogP contribution < -0.4 is 0 Å². The highest BCUT2D eigenvalue weighted by atomic mass is 15.1. The van der Waals surface area contributed by atoms with E-state index in [-0.39, 0.29) is 0 Å². The van der Waals surface area contributed by atoms with E-state index < -0.39 is 0 Å². The van der Waals surface area contributed by atoms with Crippen molar-refractivity contribution in [2.45, 2.75) is 0 Å². The molecule has 3 nitrogen and oxygen atoms in total. The molecule has 10 aromatic rings. The Morgan fingerprint density at radius 1 is 0.267 bits per heavy atom. The molecule has 0 saturated heterocycles. The molecule has 0 N–H and O–H groups in total. The molecule has 0 fully saturated rings. The van der Waals surface area contributed by atoms with Crippen LogP contribution in [0.5, 0.6) is 0 Å². The lowest BCUT2D eigenvalue weighted by Gasteiger charge is -2.20. The van der Waals surface area contributed by atoms with Gasteiger partial charge in [0.2, 0.25) is 0 Å². The predicted molar refractivity (Wildman–Crippen MR) is 189 cm³/mol. The smallest absolute Gasteiger partial charge is 0.0953 e. The first-order valence-corrected chi connectivity index (χ1v) is 15.5. The normalized spacial score (nSPS) is 12.0. The molecular formula is C42H27N3. The molecule has 0 spiro atoms. The highest BCUT2D eigenvalue weighted by Crippen LogP contribution is 2.44. The van der Waals surface area contributed by atoms with E-state index in [9.17, 15) is 0 Å². The van der Waals surface area contributed by atoms with Gasteiger partial charge in [0.1, 0.15) is 0 Å². The van der Waals surface area contributed by atoms with Crippen molar-refractivity contribution in [1.82, 2.24) is 13.7 Å². The number of benzene rings is 7. The maximum Gasteiger partial charge on any atom is 0.0953 e. The monoisotopic (exact) mass is 573 g/mol. The first kappa shape index (κ1) is 24.4. The second-order valence-corrected chi connectivity index (χ2v) is 11.8. The van der Waals surface area contributed by atoms with Crippen molar-refractivity contribution in [3.8, 4) is 17.1 Å². The fourth-order valence-corrected chi connectivity index (χ4v) is 7.62. The summed E-state index contributed by atoms with van der Waals surface area (Å²) in [6.07, 6.45) is 0. The van der Waals surface area contributed by atoms with Crippen LogP contribution in [0.4, 0.5) is 0 Å². The number of nitrogens with zero attached hydrogens (tertiary/aromatic N) is 3. The zero-order valence-electron chi connectivity index (χ0n) is 24.4. The third kappa shape index (κ3) is 3.30. The van der Waals surface area contributed by atoms with E-state index in [1.54, 1.807) is 0 Å². The minimum Gasteiger partial charge on any atom is -0.307 e. The molecule has 0 aliphatic carbocycles. The number of rotatable bonds is 3. The molecule has 3 aromatic heterocycles. The third-order valence-corrected chi connectivity index (χ3v) is 9.43. The van der Waals surface area contributed by atoms with E-state index in [0.29, 0.717) is 0 Å². The second kappa shape index (κ2) is 9.22. The Balaban J connectivity index is 1.51. The lowest BCUT2D eigenvalue weighted by molar-refractivity contribution is 1.08. The molecule has 0 radical (unpaired) electrons. The average molecular weight is 574 g/mol. The molecule has 0 aliphatic rings. The minimum atomic E-state index is 1.14. The molecule has 0 bridgehead atoms. The quantitative estimate of drug-likeness (QED) is 0.200. The van der Waals surface area contributed by atoms with Gasteiger partial charge in [0.05, 0.1) is 44.5 Å². The van der Waals surface area contributed by atoms with Gasteiger partial charge < -0.3 is 13.7 Å². The van der Waals surface area contributed by atoms with Gasteiger partial charge in [-0.05, 0) is 54.6 Å². The summed E-state index contributed by atoms with van der Waals surface area (Å²) in [4.78, 5) is 0. The largest absolute Gasteiger partial charge is 0.307 e. The second-order valence-electron chi connectivity index (χ2n) is 11.8. The van der Waals surface area contributed by atoms with Crippen molar-refractivity contribution in [3.63, 3.8) is 0 Å². The van der Waals surface area contributed by atoms with E-state index in [2.05, 4.69) is 177 Å². The lowest BCUT2D eigenvalue weighted by atomic mass is 10.1. The summed E-state index contributed by atoms with van der Waals surface area (Å²) in [6, 6.07) is 59.5. The molecule has 0 saturated carbocycles. The minimum absolute atomic E-state index is 1.14. The summed E-state index contributed by atoms with van der Waals surface area (Å²) < 4.78 is 7.43. The van der Waals surface area contributed by atoms with Gasteiger partial charge in [-0.3, -0.25) is 0 Å². The predicted octanol–water partition coefficient (Wildman–Crippen LogP) is 11.0. The maximum absolute atomic E-state index is 2.50. The molecule has 0 aliphatic heterocycles. The summed E-state index contributed by atoms with van der Waals surface area (Å²) in [7, 11) is 0. The molecule has 7 aromatic carbocycles. The number of hydrogen-bond acceptors (Lipinski definition) is 0. The zero-order valence-corrected chi connectivity index (χ0v) is 24.4. The summed E-state index contributed by atoms with van der Waals surface area (Å²) >= 11 is 0. The van der Waals surface area contributed by atoms with Crippen LogP contribution in [0.15, 0.2) is 164 Å². The molecule has 45 heavy (non-hydrogen) atoms. The average Bonchev–Trinajstić information content (AvgIpc) is 3.74. The van der Waals surface area contributed by atoms with Gasteiger partial charge in [-0.25, -0.2) is 0 Å². The Morgan fingerprint density at radius 3 is 1.13 bits per heavy atom. The van der Waals surface area contributed by atoms with E-state index >= 15 is 0 Å². The van der Waals surface area contributed by atoms with Crippen LogP contribution in [0.2, 0.25) is 0 Å². The number of hydrogen-bond donors (Lipinski definition) is 0.